The summed E-state index contributed by atoms with van der Waals surface area (Å²) in [7, 11) is 0. The molecule has 0 bridgehead atoms. The highest BCUT2D eigenvalue weighted by Gasteiger charge is 2.13. The summed E-state index contributed by atoms with van der Waals surface area (Å²) in [6.07, 6.45) is 0.995. The summed E-state index contributed by atoms with van der Waals surface area (Å²) in [6, 6.07) is 13.4. The minimum absolute atomic E-state index is 0.352. The standard InChI is InChI=1S/C14H13ClN2S/c1-2-10-7-8-14(18-10)13(9-16)17-12-6-4-3-5-11(12)15/h3-8,13,17H,2H2,1H3. The summed E-state index contributed by atoms with van der Waals surface area (Å²) in [5, 5.41) is 13.1. The summed E-state index contributed by atoms with van der Waals surface area (Å²) >= 11 is 7.74. The Bertz CT molecular complexity index is 571. The van der Waals surface area contributed by atoms with Crippen molar-refractivity contribution >= 4 is 28.6 Å². The molecule has 1 N–H and O–H groups in total. The third kappa shape index (κ3) is 2.84. The first kappa shape index (κ1) is 12.9. The van der Waals surface area contributed by atoms with E-state index in [1.165, 1.54) is 4.88 Å². The minimum atomic E-state index is -0.352. The molecule has 0 aliphatic heterocycles. The number of benzene rings is 1. The number of rotatable bonds is 4. The zero-order valence-corrected chi connectivity index (χ0v) is 11.6. The van der Waals surface area contributed by atoms with Crippen LogP contribution in [0, 0.1) is 11.3 Å². The molecule has 18 heavy (non-hydrogen) atoms. The predicted octanol–water partition coefficient (Wildman–Crippen LogP) is 4.64. The molecule has 1 unspecified atom stereocenters. The fraction of sp³-hybridized carbons (Fsp3) is 0.214. The molecule has 1 atom stereocenters. The van der Waals surface area contributed by atoms with Crippen LogP contribution >= 0.6 is 22.9 Å². The SMILES string of the molecule is CCc1ccc(C(C#N)Nc2ccccc2Cl)s1. The smallest absolute Gasteiger partial charge is 0.149 e. The molecule has 2 rings (SSSR count). The molecule has 2 nitrogen and oxygen atoms in total. The summed E-state index contributed by atoms with van der Waals surface area (Å²) in [6.45, 7) is 2.11. The lowest BCUT2D eigenvalue weighted by molar-refractivity contribution is 1.03. The quantitative estimate of drug-likeness (QED) is 0.883. The van der Waals surface area contributed by atoms with E-state index in [4.69, 9.17) is 11.6 Å². The fourth-order valence-corrected chi connectivity index (χ4v) is 2.78. The summed E-state index contributed by atoms with van der Waals surface area (Å²) in [5.74, 6) is 0. The maximum absolute atomic E-state index is 9.26. The monoisotopic (exact) mass is 276 g/mol. The average Bonchev–Trinajstić information content (AvgIpc) is 2.86. The second kappa shape index (κ2) is 5.90. The van der Waals surface area contributed by atoms with Crippen molar-refractivity contribution < 1.29 is 0 Å². The molecule has 2 aromatic rings. The highest BCUT2D eigenvalue weighted by molar-refractivity contribution is 7.12. The Morgan fingerprint density at radius 3 is 2.72 bits per heavy atom. The third-order valence-corrected chi connectivity index (χ3v) is 4.24. The molecule has 0 saturated heterocycles. The van der Waals surface area contributed by atoms with Crippen molar-refractivity contribution in [2.24, 2.45) is 0 Å². The minimum Gasteiger partial charge on any atom is -0.364 e. The van der Waals surface area contributed by atoms with E-state index in [1.54, 1.807) is 11.3 Å². The van der Waals surface area contributed by atoms with Gasteiger partial charge in [-0.05, 0) is 30.7 Å². The van der Waals surface area contributed by atoms with Crippen molar-refractivity contribution in [3.63, 3.8) is 0 Å². The van der Waals surface area contributed by atoms with Gasteiger partial charge in [-0.3, -0.25) is 0 Å². The van der Waals surface area contributed by atoms with Crippen LogP contribution in [0.25, 0.3) is 0 Å². The molecule has 1 heterocycles. The van der Waals surface area contributed by atoms with Gasteiger partial charge in [0, 0.05) is 9.75 Å². The van der Waals surface area contributed by atoms with E-state index in [2.05, 4.69) is 24.4 Å². The van der Waals surface area contributed by atoms with Crippen LogP contribution in [0.2, 0.25) is 5.02 Å². The van der Waals surface area contributed by atoms with Crippen molar-refractivity contribution in [2.45, 2.75) is 19.4 Å². The van der Waals surface area contributed by atoms with E-state index >= 15 is 0 Å². The van der Waals surface area contributed by atoms with Crippen LogP contribution in [0.5, 0.6) is 0 Å². The lowest BCUT2D eigenvalue weighted by atomic mass is 10.2. The maximum atomic E-state index is 9.26. The van der Waals surface area contributed by atoms with Crippen molar-refractivity contribution in [2.75, 3.05) is 5.32 Å². The number of para-hydroxylation sites is 1. The topological polar surface area (TPSA) is 35.8 Å². The van der Waals surface area contributed by atoms with Crippen LogP contribution < -0.4 is 5.32 Å². The van der Waals surface area contributed by atoms with E-state index in [1.807, 2.05) is 30.3 Å². The summed E-state index contributed by atoms with van der Waals surface area (Å²) < 4.78 is 0. The van der Waals surface area contributed by atoms with E-state index in [0.29, 0.717) is 5.02 Å². The first-order valence-corrected chi connectivity index (χ1v) is 6.93. The number of halogens is 1. The Labute approximate surface area is 116 Å². The normalized spacial score (nSPS) is 11.8. The molecule has 0 aliphatic carbocycles. The van der Waals surface area contributed by atoms with Crippen LogP contribution in [0.3, 0.4) is 0 Å². The third-order valence-electron chi connectivity index (χ3n) is 2.62. The lowest BCUT2D eigenvalue weighted by Crippen LogP contribution is -2.06. The zero-order valence-electron chi connectivity index (χ0n) is 9.98. The van der Waals surface area contributed by atoms with Gasteiger partial charge < -0.3 is 5.32 Å². The molecule has 0 spiro atoms. The van der Waals surface area contributed by atoms with Gasteiger partial charge >= 0.3 is 0 Å². The molecule has 0 amide bonds. The summed E-state index contributed by atoms with van der Waals surface area (Å²) in [5.41, 5.74) is 0.789. The highest BCUT2D eigenvalue weighted by atomic mass is 35.5. The number of nitrogens with one attached hydrogen (secondary N) is 1. The summed E-state index contributed by atoms with van der Waals surface area (Å²) in [4.78, 5) is 2.31. The molecule has 0 saturated carbocycles. The Morgan fingerprint density at radius 1 is 1.33 bits per heavy atom. The van der Waals surface area contributed by atoms with Gasteiger partial charge in [-0.25, -0.2) is 0 Å². The number of hydrogen-bond donors (Lipinski definition) is 1. The lowest BCUT2D eigenvalue weighted by Gasteiger charge is -2.12. The Balaban J connectivity index is 2.20. The molecule has 92 valence electrons. The van der Waals surface area contributed by atoms with Crippen molar-refractivity contribution in [1.82, 2.24) is 0 Å². The molecule has 4 heteroatoms. The Hall–Kier alpha value is -1.50. The Morgan fingerprint density at radius 2 is 2.11 bits per heavy atom. The van der Waals surface area contributed by atoms with Crippen LogP contribution in [0.4, 0.5) is 5.69 Å². The molecule has 1 aromatic heterocycles. The number of nitriles is 1. The molecular weight excluding hydrogens is 264 g/mol. The van der Waals surface area contributed by atoms with E-state index in [-0.39, 0.29) is 6.04 Å². The van der Waals surface area contributed by atoms with Crippen LogP contribution in [0.1, 0.15) is 22.7 Å². The average molecular weight is 277 g/mol. The largest absolute Gasteiger partial charge is 0.364 e. The zero-order chi connectivity index (χ0) is 13.0. The molecule has 1 aromatic carbocycles. The molecule has 0 aliphatic rings. The van der Waals surface area contributed by atoms with E-state index in [0.717, 1.165) is 17.0 Å². The number of aryl methyl sites for hydroxylation is 1. The van der Waals surface area contributed by atoms with Crippen LogP contribution in [-0.2, 0) is 6.42 Å². The molecule has 0 fully saturated rings. The van der Waals surface area contributed by atoms with Crippen molar-refractivity contribution in [3.8, 4) is 6.07 Å². The molecule has 0 radical (unpaired) electrons. The number of hydrogen-bond acceptors (Lipinski definition) is 3. The second-order valence-electron chi connectivity index (χ2n) is 3.84. The van der Waals surface area contributed by atoms with Gasteiger partial charge in [-0.15, -0.1) is 11.3 Å². The second-order valence-corrected chi connectivity index (χ2v) is 5.45. The van der Waals surface area contributed by atoms with Crippen molar-refractivity contribution in [1.29, 1.82) is 5.26 Å². The fourth-order valence-electron chi connectivity index (χ4n) is 1.64. The number of nitrogens with zero attached hydrogens (tertiary/aromatic N) is 1. The van der Waals surface area contributed by atoms with Gasteiger partial charge in [0.15, 0.2) is 0 Å². The first-order valence-electron chi connectivity index (χ1n) is 5.74. The van der Waals surface area contributed by atoms with Gasteiger partial charge in [0.2, 0.25) is 0 Å². The highest BCUT2D eigenvalue weighted by Crippen LogP contribution is 2.29. The van der Waals surface area contributed by atoms with Crippen LogP contribution in [0.15, 0.2) is 36.4 Å². The van der Waals surface area contributed by atoms with Crippen LogP contribution in [-0.4, -0.2) is 0 Å². The van der Waals surface area contributed by atoms with Gasteiger partial charge in [0.05, 0.1) is 16.8 Å². The Kier molecular flexibility index (Phi) is 4.24. The molecular formula is C14H13ClN2S. The van der Waals surface area contributed by atoms with E-state index in [9.17, 15) is 5.26 Å². The van der Waals surface area contributed by atoms with Gasteiger partial charge in [0.25, 0.3) is 0 Å². The first-order chi connectivity index (χ1) is 8.74. The number of anilines is 1. The van der Waals surface area contributed by atoms with Crippen molar-refractivity contribution in [3.05, 3.63) is 51.2 Å². The van der Waals surface area contributed by atoms with Gasteiger partial charge in [-0.1, -0.05) is 30.7 Å². The maximum Gasteiger partial charge on any atom is 0.149 e. The van der Waals surface area contributed by atoms with Gasteiger partial charge in [-0.2, -0.15) is 5.26 Å². The predicted molar refractivity (Wildman–Crippen MR) is 77.1 cm³/mol. The van der Waals surface area contributed by atoms with E-state index < -0.39 is 0 Å². The number of thiophene rings is 1. The van der Waals surface area contributed by atoms with Gasteiger partial charge in [0.1, 0.15) is 6.04 Å².